The number of para-hydroxylation sites is 1. The molecule has 0 spiro atoms. The Balaban J connectivity index is 1.61. The molecule has 30 heavy (non-hydrogen) atoms. The lowest BCUT2D eigenvalue weighted by atomic mass is 9.87. The fourth-order valence-corrected chi connectivity index (χ4v) is 3.85. The summed E-state index contributed by atoms with van der Waals surface area (Å²) in [6.07, 6.45) is 0. The summed E-state index contributed by atoms with van der Waals surface area (Å²) in [5.74, 6) is -2.13. The molecule has 2 aliphatic heterocycles. The number of aromatic amines is 1. The van der Waals surface area contributed by atoms with Crippen molar-refractivity contribution in [1.29, 1.82) is 0 Å². The van der Waals surface area contributed by atoms with Gasteiger partial charge < -0.3 is 4.84 Å². The minimum absolute atomic E-state index is 0.00337. The maximum atomic E-state index is 13.3. The smallest absolute Gasteiger partial charge is 0.378 e. The van der Waals surface area contributed by atoms with Crippen molar-refractivity contribution < 1.29 is 23.6 Å². The first-order valence-electron chi connectivity index (χ1n) is 9.32. The summed E-state index contributed by atoms with van der Waals surface area (Å²) in [5.41, 5.74) is -0.144. The Bertz CT molecular complexity index is 1260. The van der Waals surface area contributed by atoms with E-state index >= 15 is 0 Å². The average molecular weight is 405 g/mol. The van der Waals surface area contributed by atoms with Gasteiger partial charge >= 0.3 is 11.3 Å². The van der Waals surface area contributed by atoms with Crippen molar-refractivity contribution in [3.8, 4) is 5.69 Å². The second-order valence-corrected chi connectivity index (χ2v) is 7.42. The Morgan fingerprint density at radius 2 is 1.77 bits per heavy atom. The summed E-state index contributed by atoms with van der Waals surface area (Å²) < 4.78 is 6.37. The van der Waals surface area contributed by atoms with Crippen LogP contribution in [0.2, 0.25) is 0 Å². The number of imide groups is 1. The number of H-pyrrole nitrogens is 1. The zero-order valence-corrected chi connectivity index (χ0v) is 16.2. The van der Waals surface area contributed by atoms with Crippen molar-refractivity contribution in [1.82, 2.24) is 5.27 Å². The van der Waals surface area contributed by atoms with E-state index in [9.17, 15) is 14.4 Å². The number of amides is 2. The minimum atomic E-state index is -1.54. The molecule has 0 bridgehead atoms. The van der Waals surface area contributed by atoms with Crippen LogP contribution < -0.4 is 15.2 Å². The molecule has 2 aliphatic rings. The predicted octanol–water partition coefficient (Wildman–Crippen LogP) is 1.24. The van der Waals surface area contributed by atoms with E-state index in [0.29, 0.717) is 11.4 Å². The fraction of sp³-hybridized carbons (Fsp3) is 0.190. The zero-order chi connectivity index (χ0) is 21.0. The first-order chi connectivity index (χ1) is 14.4. The monoisotopic (exact) mass is 405 g/mol. The molecule has 2 atom stereocenters. The van der Waals surface area contributed by atoms with E-state index in [1.54, 1.807) is 42.5 Å². The van der Waals surface area contributed by atoms with Gasteiger partial charge in [-0.1, -0.05) is 41.1 Å². The molecule has 0 saturated carbocycles. The first kappa shape index (κ1) is 18.0. The van der Waals surface area contributed by atoms with Gasteiger partial charge in [0.25, 0.3) is 5.91 Å². The molecule has 2 amide bonds. The van der Waals surface area contributed by atoms with Crippen LogP contribution in [0.4, 0.5) is 5.69 Å². The van der Waals surface area contributed by atoms with Gasteiger partial charge in [-0.15, -0.1) is 0 Å². The van der Waals surface area contributed by atoms with Gasteiger partial charge in [0.05, 0.1) is 5.69 Å². The molecule has 5 rings (SSSR count). The third kappa shape index (κ3) is 2.38. The van der Waals surface area contributed by atoms with Crippen LogP contribution in [0.25, 0.3) is 5.69 Å². The topological polar surface area (TPSA) is 109 Å². The van der Waals surface area contributed by atoms with Gasteiger partial charge in [-0.25, -0.2) is 9.69 Å². The predicted molar refractivity (Wildman–Crippen MR) is 104 cm³/mol. The van der Waals surface area contributed by atoms with Gasteiger partial charge in [0.1, 0.15) is 5.92 Å². The SMILES string of the molecule is Cc1ccc(-[n+]2[nH]oc(=O)c2C2=NOC3(C)C(=O)N(c4ccccc4)C(=O)C23)cc1. The number of nitrogens with zero attached hydrogens (tertiary/aromatic N) is 3. The Labute approximate surface area is 170 Å². The molecule has 1 fully saturated rings. The third-order valence-electron chi connectivity index (χ3n) is 5.45. The highest BCUT2D eigenvalue weighted by Crippen LogP contribution is 2.42. The molecule has 2 unspecified atom stereocenters. The van der Waals surface area contributed by atoms with Gasteiger partial charge in [-0.3, -0.25) is 14.1 Å². The molecule has 9 heteroatoms. The molecule has 1 aromatic heterocycles. The van der Waals surface area contributed by atoms with Crippen LogP contribution in [0.3, 0.4) is 0 Å². The number of hydrogen-bond acceptors (Lipinski definition) is 6. The highest BCUT2D eigenvalue weighted by atomic mass is 16.7. The van der Waals surface area contributed by atoms with E-state index in [1.807, 2.05) is 19.1 Å². The van der Waals surface area contributed by atoms with Crippen LogP contribution in [0.1, 0.15) is 18.2 Å². The summed E-state index contributed by atoms with van der Waals surface area (Å²) in [5, 5.41) is 6.51. The number of aromatic nitrogens is 2. The number of carbonyl (C=O) groups excluding carboxylic acids is 2. The molecule has 0 radical (unpaired) electrons. The highest BCUT2D eigenvalue weighted by molar-refractivity contribution is 6.33. The normalized spacial score (nSPS) is 22.8. The number of oxime groups is 1. The number of rotatable bonds is 3. The van der Waals surface area contributed by atoms with E-state index in [-0.39, 0.29) is 11.4 Å². The first-order valence-corrected chi connectivity index (χ1v) is 9.32. The molecule has 1 saturated heterocycles. The largest absolute Gasteiger partial charge is 0.437 e. The van der Waals surface area contributed by atoms with E-state index in [1.165, 1.54) is 11.6 Å². The Morgan fingerprint density at radius 3 is 2.47 bits per heavy atom. The molecule has 3 aromatic rings. The standard InChI is InChI=1S/C21H16N4O5/c1-12-8-10-14(11-9-12)25-17(19(27)29-23-25)16-15-18(26)24(13-6-4-3-5-7-13)20(28)21(15,2)30-22-16/h3-11,15H,1-2H3/p+1. The van der Waals surface area contributed by atoms with Crippen LogP contribution in [0, 0.1) is 12.8 Å². The number of anilines is 1. The Hall–Kier alpha value is -4.01. The molecular formula is C21H17N4O5+. The molecule has 3 heterocycles. The van der Waals surface area contributed by atoms with Crippen LogP contribution in [-0.2, 0) is 14.4 Å². The fourth-order valence-electron chi connectivity index (χ4n) is 3.85. The quantitative estimate of drug-likeness (QED) is 0.521. The summed E-state index contributed by atoms with van der Waals surface area (Å²) >= 11 is 0. The van der Waals surface area contributed by atoms with Crippen molar-refractivity contribution in [3.63, 3.8) is 0 Å². The average Bonchev–Trinajstić information content (AvgIpc) is 3.35. The molecule has 150 valence electrons. The van der Waals surface area contributed by atoms with Crippen LogP contribution in [-0.4, -0.2) is 28.4 Å². The van der Waals surface area contributed by atoms with Crippen molar-refractivity contribution in [2.45, 2.75) is 19.4 Å². The lowest BCUT2D eigenvalue weighted by molar-refractivity contribution is -0.671. The number of carbonyl (C=O) groups is 2. The molecule has 2 aromatic carbocycles. The summed E-state index contributed by atoms with van der Waals surface area (Å²) in [4.78, 5) is 45.5. The van der Waals surface area contributed by atoms with Crippen molar-refractivity contribution >= 4 is 23.2 Å². The molecular weight excluding hydrogens is 388 g/mol. The highest BCUT2D eigenvalue weighted by Gasteiger charge is 2.67. The van der Waals surface area contributed by atoms with E-state index in [0.717, 1.165) is 10.5 Å². The lowest BCUT2D eigenvalue weighted by Crippen LogP contribution is -2.46. The van der Waals surface area contributed by atoms with Crippen molar-refractivity contribution in [2.24, 2.45) is 11.1 Å². The van der Waals surface area contributed by atoms with Gasteiger partial charge in [-0.2, -0.15) is 0 Å². The third-order valence-corrected chi connectivity index (χ3v) is 5.45. The van der Waals surface area contributed by atoms with E-state index in [2.05, 4.69) is 10.4 Å². The van der Waals surface area contributed by atoms with Crippen LogP contribution in [0.15, 0.2) is 69.1 Å². The summed E-state index contributed by atoms with van der Waals surface area (Å²) in [6.45, 7) is 3.44. The van der Waals surface area contributed by atoms with Gasteiger partial charge in [-0.05, 0) is 35.9 Å². The van der Waals surface area contributed by atoms with E-state index in [4.69, 9.17) is 9.36 Å². The van der Waals surface area contributed by atoms with Gasteiger partial charge in [0, 0.05) is 12.1 Å². The second-order valence-electron chi connectivity index (χ2n) is 7.42. The van der Waals surface area contributed by atoms with Crippen molar-refractivity contribution in [3.05, 3.63) is 76.3 Å². The number of hydrogen-bond donors (Lipinski definition) is 1. The maximum Gasteiger partial charge on any atom is 0.437 e. The van der Waals surface area contributed by atoms with Gasteiger partial charge in [0.15, 0.2) is 5.71 Å². The molecule has 9 nitrogen and oxygen atoms in total. The molecule has 0 aliphatic carbocycles. The Kier molecular flexibility index (Phi) is 3.76. The zero-order valence-electron chi connectivity index (χ0n) is 16.2. The number of fused-ring (bicyclic) bond motifs is 1. The van der Waals surface area contributed by atoms with E-state index < -0.39 is 29.0 Å². The van der Waals surface area contributed by atoms with Crippen molar-refractivity contribution in [2.75, 3.05) is 4.90 Å². The number of nitrogens with one attached hydrogen (secondary N) is 1. The summed E-state index contributed by atoms with van der Waals surface area (Å²) in [6, 6.07) is 15.9. The number of benzene rings is 2. The number of aryl methyl sites for hydroxylation is 1. The second kappa shape index (κ2) is 6.24. The Morgan fingerprint density at radius 1 is 1.07 bits per heavy atom. The maximum absolute atomic E-state index is 13.3. The molecule has 1 N–H and O–H groups in total. The lowest BCUT2D eigenvalue weighted by Gasteiger charge is -2.18. The summed E-state index contributed by atoms with van der Waals surface area (Å²) in [7, 11) is 0. The van der Waals surface area contributed by atoms with Crippen LogP contribution in [0.5, 0.6) is 0 Å². The van der Waals surface area contributed by atoms with Gasteiger partial charge in [0.2, 0.25) is 17.2 Å². The van der Waals surface area contributed by atoms with Crippen LogP contribution >= 0.6 is 0 Å². The minimum Gasteiger partial charge on any atom is -0.378 e.